The molecule has 0 saturated carbocycles. The van der Waals surface area contributed by atoms with Crippen LogP contribution >= 0.6 is 32.6 Å². The lowest BCUT2D eigenvalue weighted by molar-refractivity contribution is -0.279. The molecule has 0 spiro atoms. The van der Waals surface area contributed by atoms with Crippen LogP contribution in [0.25, 0.3) is 0 Å². The Hall–Kier alpha value is 0.560. The van der Waals surface area contributed by atoms with Crippen LogP contribution in [0.3, 0.4) is 0 Å². The molecule has 0 aliphatic carbocycles. The molecule has 0 radical (unpaired) electrons. The second-order valence-electron chi connectivity index (χ2n) is 4.74. The van der Waals surface area contributed by atoms with Crippen molar-refractivity contribution in [2.45, 2.75) is 30.7 Å². The number of methoxy groups -OCH3 is 1. The zero-order valence-corrected chi connectivity index (χ0v) is 15.8. The predicted octanol–water partition coefficient (Wildman–Crippen LogP) is 0.860. The Morgan fingerprint density at radius 3 is 2.50 bits per heavy atom. The minimum atomic E-state index is -4.70. The van der Waals surface area contributed by atoms with Crippen molar-refractivity contribution in [3.8, 4) is 0 Å². The molecule has 3 aliphatic heterocycles. The van der Waals surface area contributed by atoms with Crippen LogP contribution in [-0.2, 0) is 54.5 Å². The highest BCUT2D eigenvalue weighted by molar-refractivity contribution is 7.56. The van der Waals surface area contributed by atoms with Gasteiger partial charge >= 0.3 is 32.6 Å². The second-order valence-corrected chi connectivity index (χ2v) is 9.69. The van der Waals surface area contributed by atoms with Crippen molar-refractivity contribution in [2.75, 3.05) is 13.7 Å². The summed E-state index contributed by atoms with van der Waals surface area (Å²) in [5.41, 5.74) is 0. The average Bonchev–Trinajstić information content (AvgIpc) is 2.58. The van der Waals surface area contributed by atoms with Gasteiger partial charge in [-0.15, -0.1) is 0 Å². The molecule has 140 valence electrons. The summed E-state index contributed by atoms with van der Waals surface area (Å²) in [5, 5.41) is 0. The van der Waals surface area contributed by atoms with Gasteiger partial charge in [-0.3, -0.25) is 18.2 Å². The van der Waals surface area contributed by atoms with Crippen LogP contribution in [0.5, 0.6) is 0 Å². The summed E-state index contributed by atoms with van der Waals surface area (Å²) in [5.74, 6) is 0. The molecule has 3 saturated heterocycles. The summed E-state index contributed by atoms with van der Waals surface area (Å²) in [4.78, 5) is 9.52. The SMILES string of the molecule is CO[C@H]1OC2CO[PH](=O)O[PH](=O)O[C@H]2[C@@H]2O[PH](=O)OP(=O)(O)OC12. The first-order valence-corrected chi connectivity index (χ1v) is 11.6. The van der Waals surface area contributed by atoms with E-state index in [0.717, 1.165) is 0 Å². The fourth-order valence-electron chi connectivity index (χ4n) is 2.38. The zero-order chi connectivity index (χ0) is 17.5. The summed E-state index contributed by atoms with van der Waals surface area (Å²) in [6.45, 7) is -0.303. The van der Waals surface area contributed by atoms with E-state index in [9.17, 15) is 23.2 Å². The van der Waals surface area contributed by atoms with Crippen LogP contribution in [0.1, 0.15) is 0 Å². The maximum atomic E-state index is 11.7. The molecule has 17 heteroatoms. The van der Waals surface area contributed by atoms with Gasteiger partial charge in [0.25, 0.3) is 0 Å². The van der Waals surface area contributed by atoms with Crippen LogP contribution in [0.4, 0.5) is 0 Å². The lowest BCUT2D eigenvalue weighted by atomic mass is 9.99. The molecule has 3 aliphatic rings. The summed E-state index contributed by atoms with van der Waals surface area (Å²) in [6, 6.07) is 0. The second kappa shape index (κ2) is 7.66. The highest BCUT2D eigenvalue weighted by Gasteiger charge is 2.55. The molecule has 6 unspecified atom stereocenters. The smallest absolute Gasteiger partial charge is 0.353 e. The largest absolute Gasteiger partial charge is 0.479 e. The van der Waals surface area contributed by atoms with Gasteiger partial charge in [-0.05, 0) is 0 Å². The van der Waals surface area contributed by atoms with Crippen molar-refractivity contribution in [1.82, 2.24) is 0 Å². The quantitative estimate of drug-likeness (QED) is 0.584. The molecule has 0 amide bonds. The molecule has 24 heavy (non-hydrogen) atoms. The molecule has 3 fully saturated rings. The van der Waals surface area contributed by atoms with Crippen LogP contribution in [0, 0.1) is 0 Å². The van der Waals surface area contributed by atoms with Crippen LogP contribution in [-0.4, -0.2) is 49.3 Å². The molecule has 3 rings (SSSR count). The van der Waals surface area contributed by atoms with Gasteiger partial charge in [-0.1, -0.05) is 0 Å². The molecule has 3 heterocycles. The Labute approximate surface area is 137 Å². The van der Waals surface area contributed by atoms with Gasteiger partial charge in [-0.25, -0.2) is 13.2 Å². The van der Waals surface area contributed by atoms with E-state index in [0.29, 0.717) is 0 Å². The topological polar surface area (TPSA) is 162 Å². The van der Waals surface area contributed by atoms with Gasteiger partial charge in [0, 0.05) is 7.11 Å². The van der Waals surface area contributed by atoms with Gasteiger partial charge in [0.2, 0.25) is 0 Å². The van der Waals surface area contributed by atoms with E-state index in [4.69, 9.17) is 27.6 Å². The van der Waals surface area contributed by atoms with Gasteiger partial charge in [0.05, 0.1) is 6.61 Å². The molecule has 13 nitrogen and oxygen atoms in total. The van der Waals surface area contributed by atoms with Crippen molar-refractivity contribution in [2.24, 2.45) is 0 Å². The van der Waals surface area contributed by atoms with Gasteiger partial charge < -0.3 is 27.9 Å². The van der Waals surface area contributed by atoms with E-state index in [1.54, 1.807) is 0 Å². The molecule has 0 aromatic heterocycles. The summed E-state index contributed by atoms with van der Waals surface area (Å²) >= 11 is 0. The number of hydrogen-bond acceptors (Lipinski definition) is 12. The minimum Gasteiger partial charge on any atom is -0.353 e. The number of rotatable bonds is 1. The van der Waals surface area contributed by atoms with E-state index >= 15 is 0 Å². The molecular weight excluding hydrogens is 416 g/mol. The Kier molecular flexibility index (Phi) is 6.17. The lowest BCUT2D eigenvalue weighted by Gasteiger charge is -2.43. The minimum absolute atomic E-state index is 0.303. The summed E-state index contributed by atoms with van der Waals surface area (Å²) in [7, 11) is -13.2. The average molecular weight is 430 g/mol. The fourth-order valence-corrected chi connectivity index (χ4v) is 6.27. The highest BCUT2D eigenvalue weighted by Crippen LogP contribution is 2.59. The standard InChI is InChI=1S/C7H14O13P4/c1-13-7-6-5(17-23(10)20-24(11,12)18-6)4-3(15-7)2-14-21(8)19-22(9)16-4/h3-7,21-23H,2H2,1H3,(H,11,12)/t3?,4-,5+,6?,7+/m1/s1. The first kappa shape index (κ1) is 19.3. The molecule has 1 N–H and O–H groups in total. The molecule has 0 aromatic rings. The van der Waals surface area contributed by atoms with Gasteiger partial charge in [-0.2, -0.15) is 0 Å². The van der Waals surface area contributed by atoms with Crippen molar-refractivity contribution >= 4 is 32.6 Å². The van der Waals surface area contributed by atoms with Crippen molar-refractivity contribution < 1.29 is 59.3 Å². The van der Waals surface area contributed by atoms with Crippen LogP contribution in [0.15, 0.2) is 0 Å². The van der Waals surface area contributed by atoms with E-state index in [1.807, 2.05) is 0 Å². The van der Waals surface area contributed by atoms with E-state index in [2.05, 4.69) is 8.62 Å². The maximum absolute atomic E-state index is 11.7. The summed E-state index contributed by atoms with van der Waals surface area (Å²) < 4.78 is 85.9. The third-order valence-electron chi connectivity index (χ3n) is 3.27. The van der Waals surface area contributed by atoms with Crippen molar-refractivity contribution in [3.63, 3.8) is 0 Å². The van der Waals surface area contributed by atoms with E-state index in [-0.39, 0.29) is 6.61 Å². The Bertz CT molecular complexity index is 609. The molecule has 9 atom stereocenters. The first-order chi connectivity index (χ1) is 11.3. The van der Waals surface area contributed by atoms with Gasteiger partial charge in [0.15, 0.2) is 6.29 Å². The van der Waals surface area contributed by atoms with Crippen molar-refractivity contribution in [1.29, 1.82) is 0 Å². The molecule has 0 aromatic carbocycles. The van der Waals surface area contributed by atoms with Crippen LogP contribution < -0.4 is 0 Å². The Morgan fingerprint density at radius 2 is 1.79 bits per heavy atom. The zero-order valence-electron chi connectivity index (χ0n) is 11.9. The Morgan fingerprint density at radius 1 is 1.08 bits per heavy atom. The number of ether oxygens (including phenoxy) is 2. The number of phosphoric ester groups is 1. The third kappa shape index (κ3) is 4.27. The van der Waals surface area contributed by atoms with Gasteiger partial charge in [0.1, 0.15) is 24.4 Å². The first-order valence-electron chi connectivity index (χ1n) is 6.44. The lowest BCUT2D eigenvalue weighted by Crippen LogP contribution is -2.60. The molecular formula is C7H14O13P4. The monoisotopic (exact) mass is 430 g/mol. The number of phosphoric acid groups is 1. The Balaban J connectivity index is 1.93. The number of fused-ring (bicyclic) bond motifs is 3. The maximum Gasteiger partial charge on any atom is 0.479 e. The van der Waals surface area contributed by atoms with Crippen LogP contribution in [0.2, 0.25) is 0 Å². The molecule has 0 bridgehead atoms. The van der Waals surface area contributed by atoms with E-state index in [1.165, 1.54) is 7.11 Å². The number of hydrogen-bond donors (Lipinski definition) is 1. The fraction of sp³-hybridized carbons (Fsp3) is 1.00. The third-order valence-corrected chi connectivity index (χ3v) is 7.96. The van der Waals surface area contributed by atoms with Crippen molar-refractivity contribution in [3.05, 3.63) is 0 Å². The normalized spacial score (nSPS) is 53.1. The highest BCUT2D eigenvalue weighted by atomic mass is 31.2. The predicted molar refractivity (Wildman–Crippen MR) is 75.2 cm³/mol. The summed E-state index contributed by atoms with van der Waals surface area (Å²) in [6.07, 6.45) is -6.15. The van der Waals surface area contributed by atoms with E-state index < -0.39 is 63.3 Å².